The Morgan fingerprint density at radius 2 is 1.52 bits per heavy atom. The molecule has 0 radical (unpaired) electrons. The minimum atomic E-state index is -3.89. The average molecular weight is 457 g/mol. The van der Waals surface area contributed by atoms with Crippen molar-refractivity contribution < 1.29 is 13.2 Å². The number of benzene rings is 4. The summed E-state index contributed by atoms with van der Waals surface area (Å²) in [6.45, 7) is 2.41. The zero-order chi connectivity index (χ0) is 23.0. The van der Waals surface area contributed by atoms with Crippen LogP contribution >= 0.6 is 0 Å². The molecule has 1 aliphatic heterocycles. The number of hydrogen-bond acceptors (Lipinski definition) is 5. The second-order valence-electron chi connectivity index (χ2n) is 7.55. The van der Waals surface area contributed by atoms with Gasteiger partial charge in [0.2, 0.25) is 0 Å². The largest absolute Gasteiger partial charge is 0.308 e. The molecule has 0 saturated heterocycles. The van der Waals surface area contributed by atoms with Crippen LogP contribution in [0.2, 0.25) is 0 Å². The molecule has 0 saturated carbocycles. The predicted octanol–water partition coefficient (Wildman–Crippen LogP) is 6.04. The molecule has 1 amide bonds. The van der Waals surface area contributed by atoms with Crippen LogP contribution in [-0.2, 0) is 10.0 Å². The van der Waals surface area contributed by atoms with Crippen molar-refractivity contribution in [1.29, 1.82) is 0 Å². The summed E-state index contributed by atoms with van der Waals surface area (Å²) in [5.74, 6) is -0.110. The third-order valence-electron chi connectivity index (χ3n) is 5.51. The third-order valence-corrected chi connectivity index (χ3v) is 6.95. The average Bonchev–Trinajstić information content (AvgIpc) is 3.11. The molecule has 4 aromatic rings. The highest BCUT2D eigenvalue weighted by Gasteiger charge is 2.31. The number of amides is 1. The number of sulfonamides is 1. The van der Waals surface area contributed by atoms with Crippen molar-refractivity contribution in [2.24, 2.45) is 10.2 Å². The van der Waals surface area contributed by atoms with E-state index < -0.39 is 10.0 Å². The van der Waals surface area contributed by atoms with Crippen molar-refractivity contribution in [2.75, 3.05) is 16.2 Å². The monoisotopic (exact) mass is 456 g/mol. The van der Waals surface area contributed by atoms with Crippen molar-refractivity contribution in [3.8, 4) is 0 Å². The number of anilines is 2. The lowest BCUT2D eigenvalue weighted by molar-refractivity contribution is 0.0994. The van der Waals surface area contributed by atoms with E-state index in [1.165, 1.54) is 0 Å². The van der Waals surface area contributed by atoms with Crippen LogP contribution in [0.3, 0.4) is 0 Å². The molecule has 0 spiro atoms. The molecule has 4 aromatic carbocycles. The first-order chi connectivity index (χ1) is 16.0. The quantitative estimate of drug-likeness (QED) is 0.359. The molecule has 164 valence electrons. The van der Waals surface area contributed by atoms with Crippen LogP contribution in [0.5, 0.6) is 0 Å². The highest BCUT2D eigenvalue weighted by molar-refractivity contribution is 7.93. The van der Waals surface area contributed by atoms with Gasteiger partial charge in [0.05, 0.1) is 22.0 Å². The fourth-order valence-electron chi connectivity index (χ4n) is 3.98. The Hall–Kier alpha value is -4.04. The van der Waals surface area contributed by atoms with Gasteiger partial charge in [-0.05, 0) is 61.5 Å². The number of carbonyl (C=O) groups excluding carboxylic acids is 1. The number of nitrogens with one attached hydrogen (secondary N) is 1. The Morgan fingerprint density at radius 1 is 0.818 bits per heavy atom. The highest BCUT2D eigenvalue weighted by Crippen LogP contribution is 2.40. The van der Waals surface area contributed by atoms with Gasteiger partial charge in [0, 0.05) is 28.6 Å². The molecule has 0 aromatic heterocycles. The normalized spacial score (nSPS) is 13.2. The summed E-state index contributed by atoms with van der Waals surface area (Å²) in [5.41, 5.74) is 3.00. The zero-order valence-electron chi connectivity index (χ0n) is 17.8. The van der Waals surface area contributed by atoms with Gasteiger partial charge in [0.25, 0.3) is 15.9 Å². The molecular weight excluding hydrogens is 436 g/mol. The molecule has 8 heteroatoms. The van der Waals surface area contributed by atoms with Crippen LogP contribution in [0.1, 0.15) is 17.3 Å². The van der Waals surface area contributed by atoms with Crippen molar-refractivity contribution in [3.63, 3.8) is 0 Å². The number of hydrogen-bond donors (Lipinski definition) is 1. The second-order valence-corrected chi connectivity index (χ2v) is 9.20. The van der Waals surface area contributed by atoms with E-state index in [0.717, 1.165) is 11.4 Å². The Morgan fingerprint density at radius 3 is 2.21 bits per heavy atom. The molecule has 0 atom stereocenters. The van der Waals surface area contributed by atoms with E-state index in [1.54, 1.807) is 59.5 Å². The molecule has 7 nitrogen and oxygen atoms in total. The van der Waals surface area contributed by atoms with Gasteiger partial charge >= 0.3 is 0 Å². The van der Waals surface area contributed by atoms with Crippen LogP contribution in [0, 0.1) is 0 Å². The van der Waals surface area contributed by atoms with E-state index in [0.29, 0.717) is 34.3 Å². The molecule has 0 bridgehead atoms. The van der Waals surface area contributed by atoms with Crippen LogP contribution in [0.4, 0.5) is 22.7 Å². The Labute approximate surface area is 191 Å². The minimum Gasteiger partial charge on any atom is -0.308 e. The number of azo groups is 1. The van der Waals surface area contributed by atoms with Crippen LogP contribution in [0.15, 0.2) is 100 Å². The van der Waals surface area contributed by atoms with Gasteiger partial charge in [0.15, 0.2) is 0 Å². The summed E-state index contributed by atoms with van der Waals surface area (Å²) in [5, 5.41) is 9.53. The van der Waals surface area contributed by atoms with Crippen molar-refractivity contribution >= 4 is 49.5 Å². The number of rotatable bonds is 6. The number of carbonyl (C=O) groups is 1. The van der Waals surface area contributed by atoms with E-state index in [1.807, 2.05) is 37.3 Å². The summed E-state index contributed by atoms with van der Waals surface area (Å²) in [4.78, 5) is 14.5. The maximum absolute atomic E-state index is 13.2. The predicted molar refractivity (Wildman–Crippen MR) is 129 cm³/mol. The first-order valence-electron chi connectivity index (χ1n) is 10.5. The second kappa shape index (κ2) is 8.14. The van der Waals surface area contributed by atoms with Gasteiger partial charge in [0.1, 0.15) is 0 Å². The van der Waals surface area contributed by atoms with E-state index in [2.05, 4.69) is 15.0 Å². The number of nitrogens with zero attached hydrogens (tertiary/aromatic N) is 3. The van der Waals surface area contributed by atoms with E-state index >= 15 is 0 Å². The summed E-state index contributed by atoms with van der Waals surface area (Å²) >= 11 is 0. The van der Waals surface area contributed by atoms with Gasteiger partial charge in [-0.15, -0.1) is 0 Å². The van der Waals surface area contributed by atoms with E-state index in [-0.39, 0.29) is 10.8 Å². The lowest BCUT2D eigenvalue weighted by atomic mass is 10.1. The minimum absolute atomic E-state index is 0.110. The Balaban J connectivity index is 1.44. The van der Waals surface area contributed by atoms with Crippen LogP contribution in [-0.4, -0.2) is 20.9 Å². The van der Waals surface area contributed by atoms with Crippen molar-refractivity contribution in [1.82, 2.24) is 0 Å². The maximum Gasteiger partial charge on any atom is 0.262 e. The fourth-order valence-corrected chi connectivity index (χ4v) is 5.25. The molecule has 1 aliphatic rings. The van der Waals surface area contributed by atoms with Gasteiger partial charge in [-0.2, -0.15) is 10.2 Å². The first kappa shape index (κ1) is 20.8. The fraction of sp³-hybridized carbons (Fsp3) is 0.0800. The van der Waals surface area contributed by atoms with Crippen LogP contribution < -0.4 is 9.62 Å². The first-order valence-corrected chi connectivity index (χ1v) is 11.9. The van der Waals surface area contributed by atoms with Gasteiger partial charge in [-0.25, -0.2) is 8.42 Å². The lowest BCUT2D eigenvalue weighted by Gasteiger charge is -2.16. The Bertz CT molecular complexity index is 1500. The molecule has 1 N–H and O–H groups in total. The highest BCUT2D eigenvalue weighted by atomic mass is 32.2. The SMILES string of the molecule is CCN1C(=O)c2cccc3c(S(=O)(=O)Nc4ccc(/N=N/c5ccccc5)cc4)ccc1c23. The molecule has 0 fully saturated rings. The van der Waals surface area contributed by atoms with Gasteiger partial charge in [-0.1, -0.05) is 30.3 Å². The third kappa shape index (κ3) is 3.74. The van der Waals surface area contributed by atoms with Gasteiger partial charge < -0.3 is 4.90 Å². The standard InChI is InChI=1S/C25H20N4O3S/c1-2-29-22-15-16-23(20-9-6-10-21(24(20)22)25(29)30)33(31,32)28-19-13-11-18(12-14-19)27-26-17-7-4-3-5-8-17/h3-16,28H,2H2,1H3/b27-26+. The lowest BCUT2D eigenvalue weighted by Crippen LogP contribution is -2.25. The molecule has 1 heterocycles. The summed E-state index contributed by atoms with van der Waals surface area (Å²) < 4.78 is 29.1. The maximum atomic E-state index is 13.2. The summed E-state index contributed by atoms with van der Waals surface area (Å²) in [6.07, 6.45) is 0. The molecule has 0 unspecified atom stereocenters. The van der Waals surface area contributed by atoms with E-state index in [9.17, 15) is 13.2 Å². The van der Waals surface area contributed by atoms with Crippen LogP contribution in [0.25, 0.3) is 10.8 Å². The zero-order valence-corrected chi connectivity index (χ0v) is 18.6. The molecular formula is C25H20N4O3S. The van der Waals surface area contributed by atoms with Crippen molar-refractivity contribution in [2.45, 2.75) is 11.8 Å². The van der Waals surface area contributed by atoms with Crippen molar-refractivity contribution in [3.05, 3.63) is 90.5 Å². The topological polar surface area (TPSA) is 91.2 Å². The smallest absolute Gasteiger partial charge is 0.262 e. The molecule has 0 aliphatic carbocycles. The van der Waals surface area contributed by atoms with Gasteiger partial charge in [-0.3, -0.25) is 9.52 Å². The van der Waals surface area contributed by atoms with E-state index in [4.69, 9.17) is 0 Å². The molecule has 5 rings (SSSR count). The summed E-state index contributed by atoms with van der Waals surface area (Å²) in [7, 11) is -3.89. The summed E-state index contributed by atoms with van der Waals surface area (Å²) in [6, 6.07) is 24.4. The Kier molecular flexibility index (Phi) is 5.14. The molecule has 33 heavy (non-hydrogen) atoms.